The third-order valence-corrected chi connectivity index (χ3v) is 2.83. The third-order valence-electron chi connectivity index (χ3n) is 2.83. The van der Waals surface area contributed by atoms with Crippen LogP contribution in [0.1, 0.15) is 34.1 Å². The van der Waals surface area contributed by atoms with Crippen molar-refractivity contribution < 1.29 is 9.84 Å². The zero-order chi connectivity index (χ0) is 9.41. The predicted molar refractivity (Wildman–Crippen MR) is 49.0 cm³/mol. The Balaban J connectivity index is 2.73. The first-order valence-corrected chi connectivity index (χ1v) is 4.64. The van der Waals surface area contributed by atoms with Gasteiger partial charge in [-0.2, -0.15) is 0 Å². The molecule has 1 fully saturated rings. The highest BCUT2D eigenvalue weighted by Crippen LogP contribution is 2.38. The maximum absolute atomic E-state index is 10.1. The van der Waals surface area contributed by atoms with E-state index in [2.05, 4.69) is 20.8 Å². The van der Waals surface area contributed by atoms with E-state index < -0.39 is 5.60 Å². The second-order valence-corrected chi connectivity index (χ2v) is 5.10. The Labute approximate surface area is 74.9 Å². The summed E-state index contributed by atoms with van der Waals surface area (Å²) in [5.74, 6) is 0.249. The summed E-state index contributed by atoms with van der Waals surface area (Å²) >= 11 is 0. The van der Waals surface area contributed by atoms with Crippen molar-refractivity contribution in [3.05, 3.63) is 0 Å². The first-order chi connectivity index (χ1) is 5.34. The fourth-order valence-electron chi connectivity index (χ4n) is 2.02. The van der Waals surface area contributed by atoms with Gasteiger partial charge in [0.15, 0.2) is 0 Å². The lowest BCUT2D eigenvalue weighted by atomic mass is 9.70. The minimum absolute atomic E-state index is 0.129. The molecule has 2 heteroatoms. The van der Waals surface area contributed by atoms with Gasteiger partial charge in [-0.1, -0.05) is 20.8 Å². The summed E-state index contributed by atoms with van der Waals surface area (Å²) in [6.45, 7) is 9.77. The molecule has 72 valence electrons. The van der Waals surface area contributed by atoms with E-state index >= 15 is 0 Å². The van der Waals surface area contributed by atoms with Crippen LogP contribution >= 0.6 is 0 Å². The zero-order valence-electron chi connectivity index (χ0n) is 8.55. The molecule has 0 aromatic heterocycles. The first-order valence-electron chi connectivity index (χ1n) is 4.64. The van der Waals surface area contributed by atoms with Gasteiger partial charge in [-0.3, -0.25) is 0 Å². The monoisotopic (exact) mass is 172 g/mol. The lowest BCUT2D eigenvalue weighted by Gasteiger charge is -2.44. The minimum Gasteiger partial charge on any atom is -0.390 e. The maximum atomic E-state index is 10.1. The summed E-state index contributed by atoms with van der Waals surface area (Å²) in [7, 11) is 0. The molecule has 1 heterocycles. The minimum atomic E-state index is -0.545. The van der Waals surface area contributed by atoms with E-state index in [0.29, 0.717) is 13.2 Å². The van der Waals surface area contributed by atoms with E-state index in [-0.39, 0.29) is 11.3 Å². The number of rotatable bonds is 0. The molecule has 1 rings (SSSR count). The van der Waals surface area contributed by atoms with Crippen molar-refractivity contribution in [1.82, 2.24) is 0 Å². The number of ether oxygens (including phenoxy) is 1. The summed E-state index contributed by atoms with van der Waals surface area (Å²) in [6.07, 6.45) is 0.759. The van der Waals surface area contributed by atoms with Crippen molar-refractivity contribution in [1.29, 1.82) is 0 Å². The molecule has 0 aromatic rings. The molecule has 2 nitrogen and oxygen atoms in total. The highest BCUT2D eigenvalue weighted by Gasteiger charge is 2.42. The van der Waals surface area contributed by atoms with Crippen LogP contribution in [-0.4, -0.2) is 23.9 Å². The second-order valence-electron chi connectivity index (χ2n) is 5.10. The van der Waals surface area contributed by atoms with Crippen LogP contribution in [0.4, 0.5) is 0 Å². The smallest absolute Gasteiger partial charge is 0.0696 e. The van der Waals surface area contributed by atoms with Gasteiger partial charge < -0.3 is 9.84 Å². The van der Waals surface area contributed by atoms with Gasteiger partial charge in [-0.05, 0) is 18.8 Å². The number of hydrogen-bond acceptors (Lipinski definition) is 2. The lowest BCUT2D eigenvalue weighted by Crippen LogP contribution is -2.48. The molecular weight excluding hydrogens is 152 g/mol. The summed E-state index contributed by atoms with van der Waals surface area (Å²) in [6, 6.07) is 0. The van der Waals surface area contributed by atoms with Crippen LogP contribution in [-0.2, 0) is 4.74 Å². The Morgan fingerprint density at radius 3 is 2.33 bits per heavy atom. The standard InChI is InChI=1S/C10H20O2/c1-9(2,3)8-7-12-6-5-10(8,4)11/h8,11H,5-7H2,1-4H3. The van der Waals surface area contributed by atoms with Crippen molar-refractivity contribution in [3.63, 3.8) is 0 Å². The fourth-order valence-corrected chi connectivity index (χ4v) is 2.02. The van der Waals surface area contributed by atoms with Gasteiger partial charge >= 0.3 is 0 Å². The molecule has 0 bridgehead atoms. The average Bonchev–Trinajstić information content (AvgIpc) is 1.83. The van der Waals surface area contributed by atoms with E-state index in [1.165, 1.54) is 0 Å². The quantitative estimate of drug-likeness (QED) is 0.604. The van der Waals surface area contributed by atoms with Crippen molar-refractivity contribution >= 4 is 0 Å². The summed E-state index contributed by atoms with van der Waals surface area (Å²) in [5, 5.41) is 10.1. The van der Waals surface area contributed by atoms with Crippen molar-refractivity contribution in [2.24, 2.45) is 11.3 Å². The summed E-state index contributed by atoms with van der Waals surface area (Å²) in [5.41, 5.74) is -0.416. The molecule has 0 aromatic carbocycles. The highest BCUT2D eigenvalue weighted by molar-refractivity contribution is 4.91. The molecule has 1 aliphatic heterocycles. The molecule has 12 heavy (non-hydrogen) atoms. The lowest BCUT2D eigenvalue weighted by molar-refractivity contribution is -0.135. The van der Waals surface area contributed by atoms with Crippen molar-refractivity contribution in [2.45, 2.75) is 39.7 Å². The molecule has 2 unspecified atom stereocenters. The van der Waals surface area contributed by atoms with Crippen LogP contribution in [0.3, 0.4) is 0 Å². The van der Waals surface area contributed by atoms with Crippen LogP contribution in [0.25, 0.3) is 0 Å². The normalized spacial score (nSPS) is 38.2. The molecular formula is C10H20O2. The van der Waals surface area contributed by atoms with Crippen LogP contribution in [0.5, 0.6) is 0 Å². The van der Waals surface area contributed by atoms with E-state index in [1.807, 2.05) is 6.92 Å². The number of aliphatic hydroxyl groups is 1. The fraction of sp³-hybridized carbons (Fsp3) is 1.00. The van der Waals surface area contributed by atoms with E-state index in [4.69, 9.17) is 4.74 Å². The Hall–Kier alpha value is -0.0800. The van der Waals surface area contributed by atoms with Crippen LogP contribution < -0.4 is 0 Å². The SMILES string of the molecule is CC(C)(C)C1COCCC1(C)O. The molecule has 2 atom stereocenters. The van der Waals surface area contributed by atoms with Gasteiger partial charge in [0, 0.05) is 12.5 Å². The van der Waals surface area contributed by atoms with Crippen LogP contribution in [0.2, 0.25) is 0 Å². The summed E-state index contributed by atoms with van der Waals surface area (Å²) < 4.78 is 5.38. The average molecular weight is 172 g/mol. The van der Waals surface area contributed by atoms with Crippen LogP contribution in [0, 0.1) is 11.3 Å². The highest BCUT2D eigenvalue weighted by atomic mass is 16.5. The molecule has 1 aliphatic rings. The van der Waals surface area contributed by atoms with Gasteiger partial charge in [-0.15, -0.1) is 0 Å². The van der Waals surface area contributed by atoms with Gasteiger partial charge in [0.1, 0.15) is 0 Å². The Bertz CT molecular complexity index is 156. The zero-order valence-corrected chi connectivity index (χ0v) is 8.55. The van der Waals surface area contributed by atoms with Gasteiger partial charge in [0.25, 0.3) is 0 Å². The first kappa shape index (κ1) is 10.0. The Morgan fingerprint density at radius 2 is 2.00 bits per heavy atom. The second kappa shape index (κ2) is 3.00. The third kappa shape index (κ3) is 1.99. The molecule has 0 radical (unpaired) electrons. The molecule has 0 amide bonds. The van der Waals surface area contributed by atoms with Gasteiger partial charge in [-0.25, -0.2) is 0 Å². The molecule has 0 spiro atoms. The Kier molecular flexibility index (Phi) is 2.50. The predicted octanol–water partition coefficient (Wildman–Crippen LogP) is 1.82. The van der Waals surface area contributed by atoms with E-state index in [9.17, 15) is 5.11 Å². The summed E-state index contributed by atoms with van der Waals surface area (Å²) in [4.78, 5) is 0. The topological polar surface area (TPSA) is 29.5 Å². The van der Waals surface area contributed by atoms with E-state index in [1.54, 1.807) is 0 Å². The van der Waals surface area contributed by atoms with Crippen LogP contribution in [0.15, 0.2) is 0 Å². The number of hydrogen-bond donors (Lipinski definition) is 1. The van der Waals surface area contributed by atoms with Gasteiger partial charge in [0.05, 0.1) is 12.2 Å². The van der Waals surface area contributed by atoms with E-state index in [0.717, 1.165) is 6.42 Å². The molecule has 1 saturated heterocycles. The molecule has 1 N–H and O–H groups in total. The van der Waals surface area contributed by atoms with Crippen molar-refractivity contribution in [2.75, 3.05) is 13.2 Å². The Morgan fingerprint density at radius 1 is 1.42 bits per heavy atom. The van der Waals surface area contributed by atoms with Crippen molar-refractivity contribution in [3.8, 4) is 0 Å². The molecule has 0 aliphatic carbocycles. The largest absolute Gasteiger partial charge is 0.390 e. The molecule has 0 saturated carbocycles. The maximum Gasteiger partial charge on any atom is 0.0696 e. The van der Waals surface area contributed by atoms with Gasteiger partial charge in [0.2, 0.25) is 0 Å².